The molecule has 1 aliphatic heterocycles. The summed E-state index contributed by atoms with van der Waals surface area (Å²) in [6.45, 7) is 0. The van der Waals surface area contributed by atoms with E-state index in [-0.39, 0.29) is 23.8 Å². The predicted molar refractivity (Wildman–Crippen MR) is 82.3 cm³/mol. The fourth-order valence-corrected chi connectivity index (χ4v) is 5.03. The molecule has 0 aliphatic carbocycles. The molecule has 1 saturated heterocycles. The standard InChI is InChI=1S/C14H17BrO5S/c1-20-13-3-2-11(15)6-10(13)7-12(14(16)17)9-4-5-21(18,19)8-9/h2-3,6,9,12H,4-5,7-8H2,1H3,(H,16,17). The molecule has 1 fully saturated rings. The highest BCUT2D eigenvalue weighted by Crippen LogP contribution is 2.32. The Labute approximate surface area is 132 Å². The average Bonchev–Trinajstić information content (AvgIpc) is 2.76. The average molecular weight is 377 g/mol. The molecular weight excluding hydrogens is 360 g/mol. The van der Waals surface area contributed by atoms with Crippen molar-refractivity contribution in [2.45, 2.75) is 12.8 Å². The third kappa shape index (κ3) is 3.97. The number of carboxylic acid groups (broad SMARTS) is 1. The Morgan fingerprint density at radius 1 is 1.52 bits per heavy atom. The van der Waals surface area contributed by atoms with E-state index in [4.69, 9.17) is 4.74 Å². The smallest absolute Gasteiger partial charge is 0.307 e. The summed E-state index contributed by atoms with van der Waals surface area (Å²) in [5.41, 5.74) is 0.767. The Morgan fingerprint density at radius 3 is 2.76 bits per heavy atom. The maximum Gasteiger partial charge on any atom is 0.307 e. The number of hydrogen-bond acceptors (Lipinski definition) is 4. The molecule has 0 spiro atoms. The minimum absolute atomic E-state index is 0.0414. The van der Waals surface area contributed by atoms with E-state index in [2.05, 4.69) is 15.9 Å². The van der Waals surface area contributed by atoms with Crippen LogP contribution in [0.3, 0.4) is 0 Å². The zero-order valence-electron chi connectivity index (χ0n) is 11.6. The van der Waals surface area contributed by atoms with Gasteiger partial charge in [0.05, 0.1) is 24.5 Å². The second-order valence-corrected chi connectivity index (χ2v) is 8.41. The molecule has 1 N–H and O–H groups in total. The molecule has 1 aliphatic rings. The number of aliphatic carboxylic acids is 1. The number of halogens is 1. The van der Waals surface area contributed by atoms with Crippen LogP contribution >= 0.6 is 15.9 Å². The second kappa shape index (κ2) is 6.36. The normalized spacial score (nSPS) is 21.9. The highest BCUT2D eigenvalue weighted by Gasteiger charge is 2.37. The van der Waals surface area contributed by atoms with E-state index >= 15 is 0 Å². The van der Waals surface area contributed by atoms with E-state index in [0.717, 1.165) is 10.0 Å². The van der Waals surface area contributed by atoms with E-state index in [1.165, 1.54) is 7.11 Å². The van der Waals surface area contributed by atoms with Gasteiger partial charge in [0.2, 0.25) is 0 Å². The van der Waals surface area contributed by atoms with Gasteiger partial charge in [0.15, 0.2) is 9.84 Å². The quantitative estimate of drug-likeness (QED) is 0.851. The Balaban J connectivity index is 2.25. The number of ether oxygens (including phenoxy) is 1. The van der Waals surface area contributed by atoms with Crippen LogP contribution in [0.25, 0.3) is 0 Å². The minimum atomic E-state index is -3.09. The van der Waals surface area contributed by atoms with E-state index in [1.807, 2.05) is 12.1 Å². The first-order valence-electron chi connectivity index (χ1n) is 6.58. The fraction of sp³-hybridized carbons (Fsp3) is 0.500. The topological polar surface area (TPSA) is 80.7 Å². The largest absolute Gasteiger partial charge is 0.496 e. The summed E-state index contributed by atoms with van der Waals surface area (Å²) in [5, 5.41) is 9.45. The lowest BCUT2D eigenvalue weighted by Crippen LogP contribution is -2.27. The highest BCUT2D eigenvalue weighted by atomic mass is 79.9. The van der Waals surface area contributed by atoms with Crippen molar-refractivity contribution < 1.29 is 23.1 Å². The van der Waals surface area contributed by atoms with E-state index in [1.54, 1.807) is 6.07 Å². The summed E-state index contributed by atoms with van der Waals surface area (Å²) in [4.78, 5) is 11.5. The van der Waals surface area contributed by atoms with Gasteiger partial charge in [-0.25, -0.2) is 8.42 Å². The molecule has 0 amide bonds. The van der Waals surface area contributed by atoms with Crippen LogP contribution in [0, 0.1) is 11.8 Å². The second-order valence-electron chi connectivity index (χ2n) is 5.27. The summed E-state index contributed by atoms with van der Waals surface area (Å²) in [6.07, 6.45) is 0.674. The zero-order valence-corrected chi connectivity index (χ0v) is 14.0. The third-order valence-electron chi connectivity index (χ3n) is 3.84. The summed E-state index contributed by atoms with van der Waals surface area (Å²) in [5.74, 6) is -1.36. The molecule has 21 heavy (non-hydrogen) atoms. The molecule has 7 heteroatoms. The van der Waals surface area contributed by atoms with Crippen LogP contribution in [0.15, 0.2) is 22.7 Å². The molecule has 0 radical (unpaired) electrons. The molecule has 2 atom stereocenters. The van der Waals surface area contributed by atoms with Gasteiger partial charge in [0.1, 0.15) is 5.75 Å². The van der Waals surface area contributed by atoms with Gasteiger partial charge in [-0.1, -0.05) is 15.9 Å². The molecule has 0 bridgehead atoms. The van der Waals surface area contributed by atoms with Crippen LogP contribution in [-0.2, 0) is 21.1 Å². The molecule has 116 valence electrons. The van der Waals surface area contributed by atoms with Gasteiger partial charge < -0.3 is 9.84 Å². The van der Waals surface area contributed by atoms with Gasteiger partial charge in [-0.05, 0) is 42.5 Å². The van der Waals surface area contributed by atoms with Crippen LogP contribution in [0.1, 0.15) is 12.0 Å². The van der Waals surface area contributed by atoms with Crippen molar-refractivity contribution in [3.8, 4) is 5.75 Å². The van der Waals surface area contributed by atoms with Crippen molar-refractivity contribution in [1.29, 1.82) is 0 Å². The Bertz CT molecular complexity index is 641. The van der Waals surface area contributed by atoms with Gasteiger partial charge in [-0.15, -0.1) is 0 Å². The Morgan fingerprint density at radius 2 is 2.24 bits per heavy atom. The monoisotopic (exact) mass is 376 g/mol. The first-order valence-corrected chi connectivity index (χ1v) is 9.19. The van der Waals surface area contributed by atoms with Crippen LogP contribution in [-0.4, -0.2) is 38.1 Å². The fourth-order valence-electron chi connectivity index (χ4n) is 2.74. The van der Waals surface area contributed by atoms with E-state index < -0.39 is 21.7 Å². The molecule has 0 aromatic heterocycles. The predicted octanol–water partition coefficient (Wildman–Crippen LogP) is 2.14. The molecular formula is C14H17BrO5S. The lowest BCUT2D eigenvalue weighted by Gasteiger charge is -2.19. The van der Waals surface area contributed by atoms with Gasteiger partial charge in [-0.3, -0.25) is 4.79 Å². The first-order chi connectivity index (χ1) is 9.82. The van der Waals surface area contributed by atoms with Crippen molar-refractivity contribution >= 4 is 31.7 Å². The van der Waals surface area contributed by atoms with Gasteiger partial charge in [0.25, 0.3) is 0 Å². The zero-order chi connectivity index (χ0) is 15.6. The molecule has 0 saturated carbocycles. The summed E-state index contributed by atoms with van der Waals surface area (Å²) < 4.78 is 29.2. The summed E-state index contributed by atoms with van der Waals surface area (Å²) in [7, 11) is -1.56. The number of sulfone groups is 1. The molecule has 1 aromatic carbocycles. The van der Waals surface area contributed by atoms with Crippen molar-refractivity contribution in [3.05, 3.63) is 28.2 Å². The lowest BCUT2D eigenvalue weighted by molar-refractivity contribution is -0.143. The molecule has 1 heterocycles. The minimum Gasteiger partial charge on any atom is -0.496 e. The maximum atomic E-state index is 11.6. The molecule has 5 nitrogen and oxygen atoms in total. The molecule has 1 aromatic rings. The van der Waals surface area contributed by atoms with Gasteiger partial charge in [0, 0.05) is 4.47 Å². The van der Waals surface area contributed by atoms with Crippen molar-refractivity contribution in [2.75, 3.05) is 18.6 Å². The van der Waals surface area contributed by atoms with Gasteiger partial charge >= 0.3 is 5.97 Å². The number of carbonyl (C=O) groups is 1. The van der Waals surface area contributed by atoms with Gasteiger partial charge in [-0.2, -0.15) is 0 Å². The van der Waals surface area contributed by atoms with Crippen molar-refractivity contribution in [3.63, 3.8) is 0 Å². The van der Waals surface area contributed by atoms with Crippen molar-refractivity contribution in [2.24, 2.45) is 11.8 Å². The number of hydrogen-bond donors (Lipinski definition) is 1. The van der Waals surface area contributed by atoms with Crippen LogP contribution in [0.2, 0.25) is 0 Å². The first kappa shape index (κ1) is 16.3. The highest BCUT2D eigenvalue weighted by molar-refractivity contribution is 9.10. The Hall–Kier alpha value is -1.08. The number of carboxylic acids is 1. The van der Waals surface area contributed by atoms with Crippen LogP contribution in [0.4, 0.5) is 0 Å². The van der Waals surface area contributed by atoms with E-state index in [0.29, 0.717) is 12.2 Å². The van der Waals surface area contributed by atoms with Crippen molar-refractivity contribution in [1.82, 2.24) is 0 Å². The van der Waals surface area contributed by atoms with Crippen LogP contribution in [0.5, 0.6) is 5.75 Å². The molecule has 2 unspecified atom stereocenters. The number of methoxy groups -OCH3 is 1. The van der Waals surface area contributed by atoms with E-state index in [9.17, 15) is 18.3 Å². The Kier molecular flexibility index (Phi) is 4.93. The number of rotatable bonds is 5. The number of benzene rings is 1. The third-order valence-corrected chi connectivity index (χ3v) is 6.12. The SMILES string of the molecule is COc1ccc(Br)cc1CC(C(=O)O)C1CCS(=O)(=O)C1. The maximum absolute atomic E-state index is 11.6. The lowest BCUT2D eigenvalue weighted by atomic mass is 9.86. The summed E-state index contributed by atoms with van der Waals surface area (Å²) >= 11 is 3.36. The molecule has 2 rings (SSSR count). The van der Waals surface area contributed by atoms with Crippen LogP contribution < -0.4 is 4.74 Å². The summed E-state index contributed by atoms with van der Waals surface area (Å²) in [6, 6.07) is 5.40.